The first kappa shape index (κ1) is 34.7. The van der Waals surface area contributed by atoms with Crippen molar-refractivity contribution in [3.05, 3.63) is 96.6 Å². The van der Waals surface area contributed by atoms with Gasteiger partial charge in [-0.2, -0.15) is 5.10 Å². The van der Waals surface area contributed by atoms with Crippen molar-refractivity contribution < 1.29 is 33.3 Å². The molecule has 0 radical (unpaired) electrons. The highest BCUT2D eigenvalue weighted by molar-refractivity contribution is 6.42. The van der Waals surface area contributed by atoms with Gasteiger partial charge in [-0.15, -0.1) is 0 Å². The van der Waals surface area contributed by atoms with Gasteiger partial charge in [-0.05, 0) is 61.4 Å². The van der Waals surface area contributed by atoms with Crippen LogP contribution in [0.5, 0.6) is 17.2 Å². The number of halogens is 4. The quantitative estimate of drug-likeness (QED) is 0.109. The molecule has 0 fully saturated rings. The predicted octanol–water partition coefficient (Wildman–Crippen LogP) is 6.61. The van der Waals surface area contributed by atoms with E-state index in [0.29, 0.717) is 31.9 Å². The number of nitrogens with one attached hydrogen (secondary N) is 3. The van der Waals surface area contributed by atoms with Crippen LogP contribution < -0.4 is 30.3 Å². The van der Waals surface area contributed by atoms with Gasteiger partial charge in [0.1, 0.15) is 12.4 Å². The SMILES string of the molecule is CCOC(=O)C1=C(C)NC(=O)N[C@@H]1c1ccc(OCC(=O)N/N=C/c2cc(Cl)cc(Cl)c2OCc2ccc(Cl)c(Cl)c2)c(OC)c1. The molecule has 0 bridgehead atoms. The Labute approximate surface area is 284 Å². The third-order valence-corrected chi connectivity index (χ3v) is 7.68. The second-order valence-electron chi connectivity index (χ2n) is 9.63. The number of esters is 1. The van der Waals surface area contributed by atoms with Crippen LogP contribution in [0.15, 0.2) is 64.9 Å². The Morgan fingerprint density at radius 1 is 0.978 bits per heavy atom. The fraction of sp³-hybridized carbons (Fsp3) is 0.226. The molecule has 1 aliphatic rings. The minimum absolute atomic E-state index is 0.129. The summed E-state index contributed by atoms with van der Waals surface area (Å²) in [6, 6.07) is 11.7. The first-order chi connectivity index (χ1) is 22.0. The number of urea groups is 1. The van der Waals surface area contributed by atoms with E-state index in [4.69, 9.17) is 65.4 Å². The molecule has 11 nitrogen and oxygen atoms in total. The molecule has 15 heteroatoms. The second-order valence-corrected chi connectivity index (χ2v) is 11.3. The highest BCUT2D eigenvalue weighted by Crippen LogP contribution is 2.35. The monoisotopic (exact) mass is 708 g/mol. The van der Waals surface area contributed by atoms with Crippen molar-refractivity contribution in [2.75, 3.05) is 20.3 Å². The summed E-state index contributed by atoms with van der Waals surface area (Å²) in [6.07, 6.45) is 1.33. The maximum Gasteiger partial charge on any atom is 0.338 e. The molecule has 1 aliphatic heterocycles. The fourth-order valence-electron chi connectivity index (χ4n) is 4.37. The lowest BCUT2D eigenvalue weighted by Gasteiger charge is -2.28. The van der Waals surface area contributed by atoms with E-state index in [1.54, 1.807) is 56.3 Å². The minimum Gasteiger partial charge on any atom is -0.493 e. The van der Waals surface area contributed by atoms with Gasteiger partial charge in [0.15, 0.2) is 18.1 Å². The second kappa shape index (κ2) is 15.9. The maximum atomic E-state index is 12.6. The largest absolute Gasteiger partial charge is 0.493 e. The Bertz CT molecular complexity index is 1710. The molecular formula is C31H28Cl4N4O7. The van der Waals surface area contributed by atoms with E-state index in [0.717, 1.165) is 5.56 Å². The Hall–Kier alpha value is -4.16. The normalized spacial score (nSPS) is 14.4. The van der Waals surface area contributed by atoms with E-state index in [1.165, 1.54) is 19.4 Å². The molecule has 4 rings (SSSR count). The molecule has 3 amide bonds. The Kier molecular flexibility index (Phi) is 12.0. The number of amides is 3. The maximum absolute atomic E-state index is 12.6. The van der Waals surface area contributed by atoms with Gasteiger partial charge in [-0.1, -0.05) is 58.5 Å². The molecule has 0 spiro atoms. The van der Waals surface area contributed by atoms with Crippen LogP contribution in [-0.2, 0) is 20.9 Å². The number of ether oxygens (including phenoxy) is 4. The summed E-state index contributed by atoms with van der Waals surface area (Å²) < 4.78 is 22.2. The smallest absolute Gasteiger partial charge is 0.338 e. The van der Waals surface area contributed by atoms with E-state index in [-0.39, 0.29) is 41.1 Å². The number of hydrogen-bond donors (Lipinski definition) is 3. The van der Waals surface area contributed by atoms with Crippen molar-refractivity contribution in [1.82, 2.24) is 16.1 Å². The van der Waals surface area contributed by atoms with Crippen molar-refractivity contribution in [3.63, 3.8) is 0 Å². The van der Waals surface area contributed by atoms with Crippen molar-refractivity contribution in [2.24, 2.45) is 5.10 Å². The molecule has 0 saturated carbocycles. The van der Waals surface area contributed by atoms with Gasteiger partial charge in [-0.25, -0.2) is 15.0 Å². The van der Waals surface area contributed by atoms with Crippen LogP contribution >= 0.6 is 46.4 Å². The molecule has 1 heterocycles. The summed E-state index contributed by atoms with van der Waals surface area (Å²) in [4.78, 5) is 37.4. The third kappa shape index (κ3) is 8.76. The zero-order valence-corrected chi connectivity index (χ0v) is 27.7. The average molecular weight is 710 g/mol. The lowest BCUT2D eigenvalue weighted by Crippen LogP contribution is -2.45. The van der Waals surface area contributed by atoms with E-state index >= 15 is 0 Å². The number of hydrazone groups is 1. The number of hydrogen-bond acceptors (Lipinski definition) is 8. The topological polar surface area (TPSA) is 137 Å². The van der Waals surface area contributed by atoms with Crippen molar-refractivity contribution in [3.8, 4) is 17.2 Å². The summed E-state index contributed by atoms with van der Waals surface area (Å²) in [6.45, 7) is 3.18. The number of carbonyl (C=O) groups is 3. The summed E-state index contributed by atoms with van der Waals surface area (Å²) in [5.41, 5.74) is 4.69. The molecule has 3 N–H and O–H groups in total. The first-order valence-electron chi connectivity index (χ1n) is 13.6. The minimum atomic E-state index is -0.800. The zero-order chi connectivity index (χ0) is 33.4. The Balaban J connectivity index is 1.41. The van der Waals surface area contributed by atoms with Crippen LogP contribution in [0, 0.1) is 0 Å². The van der Waals surface area contributed by atoms with Gasteiger partial charge in [0.2, 0.25) is 0 Å². The van der Waals surface area contributed by atoms with Crippen molar-refractivity contribution in [1.29, 1.82) is 0 Å². The van der Waals surface area contributed by atoms with E-state index < -0.39 is 30.6 Å². The first-order valence-corrected chi connectivity index (χ1v) is 15.2. The molecule has 242 valence electrons. The fourth-order valence-corrected chi connectivity index (χ4v) is 5.25. The highest BCUT2D eigenvalue weighted by atomic mass is 35.5. The van der Waals surface area contributed by atoms with Crippen molar-refractivity contribution in [2.45, 2.75) is 26.5 Å². The standard InChI is InChI=1S/C31H28Cl4N4O7/c1-4-44-30(41)27-16(2)37-31(42)38-28(27)18-6-8-24(25(11-18)43-3)45-15-26(40)39-36-13-19-10-20(32)12-23(35)29(19)46-14-17-5-7-21(33)22(34)9-17/h5-13,28H,4,14-15H2,1-3H3,(H,39,40)(H2,37,38,42)/b36-13+/t28-/m1/s1. The molecule has 3 aromatic carbocycles. The molecule has 0 unspecified atom stereocenters. The molecule has 0 saturated heterocycles. The lowest BCUT2D eigenvalue weighted by molar-refractivity contribution is -0.139. The van der Waals surface area contributed by atoms with E-state index in [1.807, 2.05) is 0 Å². The number of methoxy groups -OCH3 is 1. The summed E-state index contributed by atoms with van der Waals surface area (Å²) in [5.74, 6) is -0.359. The summed E-state index contributed by atoms with van der Waals surface area (Å²) in [7, 11) is 1.42. The Morgan fingerprint density at radius 2 is 1.76 bits per heavy atom. The number of rotatable bonds is 12. The summed E-state index contributed by atoms with van der Waals surface area (Å²) in [5, 5.41) is 10.7. The number of benzene rings is 3. The van der Waals surface area contributed by atoms with Crippen LogP contribution in [0.2, 0.25) is 20.1 Å². The third-order valence-electron chi connectivity index (χ3n) is 6.44. The van der Waals surface area contributed by atoms with Crippen molar-refractivity contribution >= 4 is 70.5 Å². The van der Waals surface area contributed by atoms with Gasteiger partial charge in [0.25, 0.3) is 5.91 Å². The molecule has 0 aromatic heterocycles. The van der Waals surface area contributed by atoms with Crippen LogP contribution in [0.4, 0.5) is 4.79 Å². The number of nitrogens with zero attached hydrogens (tertiary/aromatic N) is 1. The average Bonchev–Trinajstić information content (AvgIpc) is 3.00. The summed E-state index contributed by atoms with van der Waals surface area (Å²) >= 11 is 24.6. The van der Waals surface area contributed by atoms with Crippen LogP contribution in [-0.4, -0.2) is 44.4 Å². The van der Waals surface area contributed by atoms with Gasteiger partial charge in [-0.3, -0.25) is 4.79 Å². The predicted molar refractivity (Wildman–Crippen MR) is 175 cm³/mol. The van der Waals surface area contributed by atoms with Crippen LogP contribution in [0.1, 0.15) is 36.6 Å². The van der Waals surface area contributed by atoms with Crippen LogP contribution in [0.3, 0.4) is 0 Å². The molecule has 1 atom stereocenters. The zero-order valence-electron chi connectivity index (χ0n) is 24.7. The Morgan fingerprint density at radius 3 is 2.48 bits per heavy atom. The van der Waals surface area contributed by atoms with Gasteiger partial charge >= 0.3 is 12.0 Å². The lowest BCUT2D eigenvalue weighted by atomic mass is 9.95. The number of allylic oxidation sites excluding steroid dienone is 1. The molecule has 3 aromatic rings. The van der Waals surface area contributed by atoms with Gasteiger partial charge in [0.05, 0.1) is 46.6 Å². The molecule has 0 aliphatic carbocycles. The van der Waals surface area contributed by atoms with Gasteiger partial charge < -0.3 is 29.6 Å². The molecular weight excluding hydrogens is 682 g/mol. The van der Waals surface area contributed by atoms with Crippen LogP contribution in [0.25, 0.3) is 0 Å². The highest BCUT2D eigenvalue weighted by Gasteiger charge is 2.32. The van der Waals surface area contributed by atoms with Gasteiger partial charge in [0, 0.05) is 16.3 Å². The molecule has 46 heavy (non-hydrogen) atoms. The number of carbonyl (C=O) groups excluding carboxylic acids is 3. The van der Waals surface area contributed by atoms with E-state index in [2.05, 4.69) is 21.2 Å². The van der Waals surface area contributed by atoms with E-state index in [9.17, 15) is 14.4 Å².